The number of amides is 2. The Kier molecular flexibility index (Phi) is 9.30. The van der Waals surface area contributed by atoms with Gasteiger partial charge in [-0.3, -0.25) is 9.59 Å². The van der Waals surface area contributed by atoms with Gasteiger partial charge >= 0.3 is 0 Å². The van der Waals surface area contributed by atoms with Gasteiger partial charge in [-0.1, -0.05) is 25.5 Å². The molecular weight excluding hydrogens is 491 g/mol. The number of methoxy groups -OCH3 is 1. The van der Waals surface area contributed by atoms with Crippen LogP contribution in [0.15, 0.2) is 60.0 Å². The van der Waals surface area contributed by atoms with Crippen molar-refractivity contribution in [2.24, 2.45) is 0 Å². The van der Waals surface area contributed by atoms with Crippen LogP contribution < -0.4 is 4.74 Å². The molecule has 0 aliphatic carbocycles. The van der Waals surface area contributed by atoms with Crippen molar-refractivity contribution in [2.75, 3.05) is 40.0 Å². The van der Waals surface area contributed by atoms with Crippen molar-refractivity contribution in [3.8, 4) is 5.75 Å². The summed E-state index contributed by atoms with van der Waals surface area (Å²) in [5, 5.41) is 2.03. The van der Waals surface area contributed by atoms with Crippen molar-refractivity contribution in [3.05, 3.63) is 87.4 Å². The summed E-state index contributed by atoms with van der Waals surface area (Å²) in [6.45, 7) is 3.79. The molecule has 3 aromatic rings. The zero-order valence-electron chi connectivity index (χ0n) is 21.3. The molecule has 1 aliphatic heterocycles. The Labute approximate surface area is 221 Å². The summed E-state index contributed by atoms with van der Waals surface area (Å²) in [6.07, 6.45) is 2.77. The minimum absolute atomic E-state index is 0.0753. The Morgan fingerprint density at radius 3 is 2.54 bits per heavy atom. The smallest absolute Gasteiger partial charge is 0.254 e. The molecule has 0 saturated heterocycles. The van der Waals surface area contributed by atoms with Crippen LogP contribution >= 0.6 is 11.3 Å². The maximum atomic E-state index is 13.7. The van der Waals surface area contributed by atoms with Crippen LogP contribution in [0.2, 0.25) is 0 Å². The molecule has 1 atom stereocenters. The Morgan fingerprint density at radius 1 is 1.08 bits per heavy atom. The monoisotopic (exact) mass is 524 g/mol. The van der Waals surface area contributed by atoms with Gasteiger partial charge in [0.05, 0.1) is 19.3 Å². The number of rotatable bonds is 11. The lowest BCUT2D eigenvalue weighted by molar-refractivity contribution is -0.134. The van der Waals surface area contributed by atoms with Gasteiger partial charge in [-0.25, -0.2) is 4.39 Å². The van der Waals surface area contributed by atoms with Crippen molar-refractivity contribution >= 4 is 23.2 Å². The summed E-state index contributed by atoms with van der Waals surface area (Å²) in [5.74, 6) is -0.000131. The summed E-state index contributed by atoms with van der Waals surface area (Å²) in [7, 11) is 1.57. The number of nitrogens with zero attached hydrogens (tertiary/aromatic N) is 2. The summed E-state index contributed by atoms with van der Waals surface area (Å²) in [4.78, 5) is 31.7. The Hall–Kier alpha value is -3.23. The van der Waals surface area contributed by atoms with E-state index in [0.29, 0.717) is 31.1 Å². The van der Waals surface area contributed by atoms with Crippen LogP contribution in [0.25, 0.3) is 0 Å². The number of ether oxygens (including phenoxy) is 2. The van der Waals surface area contributed by atoms with Crippen molar-refractivity contribution in [2.45, 2.75) is 32.2 Å². The van der Waals surface area contributed by atoms with Gasteiger partial charge in [0.2, 0.25) is 5.91 Å². The predicted octanol–water partition coefficient (Wildman–Crippen LogP) is 5.33. The zero-order chi connectivity index (χ0) is 26.2. The highest BCUT2D eigenvalue weighted by Crippen LogP contribution is 2.38. The lowest BCUT2D eigenvalue weighted by atomic mass is 9.93. The molecule has 2 amide bonds. The van der Waals surface area contributed by atoms with Gasteiger partial charge < -0.3 is 19.3 Å². The van der Waals surface area contributed by atoms with Crippen LogP contribution in [0.5, 0.6) is 5.75 Å². The fraction of sp³-hybridized carbons (Fsp3) is 0.379. The molecule has 2 aromatic carbocycles. The van der Waals surface area contributed by atoms with E-state index in [9.17, 15) is 14.0 Å². The molecule has 1 aromatic heterocycles. The van der Waals surface area contributed by atoms with Gasteiger partial charge in [0.15, 0.2) is 0 Å². The standard InChI is InChI=1S/C29H33FN2O4S/c1-3-4-17-36-24-11-7-22(8-12-24)29(34)31(16-18-35-2)20-27(33)32-15-13-26-25(14-19-37-26)28(32)21-5-9-23(30)10-6-21/h5-12,14,19,28H,3-4,13,15-18,20H2,1-2H3. The fourth-order valence-corrected chi connectivity index (χ4v) is 5.41. The van der Waals surface area contributed by atoms with Crippen LogP contribution in [-0.4, -0.2) is 61.6 Å². The van der Waals surface area contributed by atoms with Crippen molar-refractivity contribution in [3.63, 3.8) is 0 Å². The first-order chi connectivity index (χ1) is 18.0. The second-order valence-electron chi connectivity index (χ2n) is 9.04. The largest absolute Gasteiger partial charge is 0.494 e. The maximum Gasteiger partial charge on any atom is 0.254 e. The van der Waals surface area contributed by atoms with Crippen LogP contribution in [0, 0.1) is 5.82 Å². The van der Waals surface area contributed by atoms with Gasteiger partial charge in [0.25, 0.3) is 5.91 Å². The highest BCUT2D eigenvalue weighted by molar-refractivity contribution is 7.10. The number of carbonyl (C=O) groups excluding carboxylic acids is 2. The molecule has 2 heterocycles. The Balaban J connectivity index is 1.53. The van der Waals surface area contributed by atoms with Crippen molar-refractivity contribution < 1.29 is 23.5 Å². The third kappa shape index (κ3) is 6.56. The minimum atomic E-state index is -0.318. The first-order valence-corrected chi connectivity index (χ1v) is 13.5. The highest BCUT2D eigenvalue weighted by atomic mass is 32.1. The van der Waals surface area contributed by atoms with E-state index in [1.54, 1.807) is 59.7 Å². The van der Waals surface area contributed by atoms with Crippen LogP contribution in [-0.2, 0) is 16.0 Å². The van der Waals surface area contributed by atoms with E-state index in [4.69, 9.17) is 9.47 Å². The van der Waals surface area contributed by atoms with Gasteiger partial charge in [0, 0.05) is 30.6 Å². The van der Waals surface area contributed by atoms with E-state index in [1.165, 1.54) is 21.9 Å². The van der Waals surface area contributed by atoms with Crippen LogP contribution in [0.4, 0.5) is 4.39 Å². The molecule has 37 heavy (non-hydrogen) atoms. The topological polar surface area (TPSA) is 59.1 Å². The van der Waals surface area contributed by atoms with E-state index in [2.05, 4.69) is 6.92 Å². The van der Waals surface area contributed by atoms with E-state index in [0.717, 1.165) is 30.4 Å². The zero-order valence-corrected chi connectivity index (χ0v) is 22.1. The number of unbranched alkanes of at least 4 members (excludes halogenated alkanes) is 1. The fourth-order valence-electron chi connectivity index (χ4n) is 4.51. The molecular formula is C29H33FN2O4S. The molecule has 4 rings (SSSR count). The SMILES string of the molecule is CCCCOc1ccc(C(=O)N(CCOC)CC(=O)N2CCc3sccc3C2c2ccc(F)cc2)cc1. The van der Waals surface area contributed by atoms with E-state index in [1.807, 2.05) is 11.4 Å². The van der Waals surface area contributed by atoms with Crippen LogP contribution in [0.3, 0.4) is 0 Å². The number of halogens is 1. The summed E-state index contributed by atoms with van der Waals surface area (Å²) in [5.41, 5.74) is 2.40. The summed E-state index contributed by atoms with van der Waals surface area (Å²) >= 11 is 1.67. The molecule has 8 heteroatoms. The van der Waals surface area contributed by atoms with E-state index < -0.39 is 0 Å². The molecule has 0 bridgehead atoms. The average Bonchev–Trinajstić information content (AvgIpc) is 3.40. The lowest BCUT2D eigenvalue weighted by Crippen LogP contribution is -2.47. The molecule has 0 saturated carbocycles. The first-order valence-electron chi connectivity index (χ1n) is 12.6. The second kappa shape index (κ2) is 12.8. The molecule has 196 valence electrons. The maximum absolute atomic E-state index is 13.7. The number of carbonyl (C=O) groups is 2. The number of thiophene rings is 1. The third-order valence-corrected chi connectivity index (χ3v) is 7.52. The van der Waals surface area contributed by atoms with Gasteiger partial charge in [-0.15, -0.1) is 11.3 Å². The average molecular weight is 525 g/mol. The quantitative estimate of drug-likeness (QED) is 0.318. The van der Waals surface area contributed by atoms with E-state index in [-0.39, 0.29) is 36.8 Å². The third-order valence-electron chi connectivity index (χ3n) is 6.52. The Bertz CT molecular complexity index is 1180. The van der Waals surface area contributed by atoms with Gasteiger partial charge in [0.1, 0.15) is 18.1 Å². The molecule has 0 spiro atoms. The lowest BCUT2D eigenvalue weighted by Gasteiger charge is -2.37. The molecule has 6 nitrogen and oxygen atoms in total. The second-order valence-corrected chi connectivity index (χ2v) is 10.0. The highest BCUT2D eigenvalue weighted by Gasteiger charge is 2.34. The number of hydrogen-bond donors (Lipinski definition) is 0. The normalized spacial score (nSPS) is 14.8. The van der Waals surface area contributed by atoms with E-state index >= 15 is 0 Å². The van der Waals surface area contributed by atoms with Crippen molar-refractivity contribution in [1.29, 1.82) is 0 Å². The first kappa shape index (κ1) is 26.8. The van der Waals surface area contributed by atoms with Crippen molar-refractivity contribution in [1.82, 2.24) is 9.80 Å². The molecule has 0 radical (unpaired) electrons. The molecule has 1 aliphatic rings. The van der Waals surface area contributed by atoms with Gasteiger partial charge in [-0.05, 0) is 71.8 Å². The number of fused-ring (bicyclic) bond motifs is 1. The summed E-state index contributed by atoms with van der Waals surface area (Å²) < 4.78 is 24.6. The Morgan fingerprint density at radius 2 is 1.84 bits per heavy atom. The number of hydrogen-bond acceptors (Lipinski definition) is 5. The number of benzene rings is 2. The molecule has 0 N–H and O–H groups in total. The van der Waals surface area contributed by atoms with Gasteiger partial charge in [-0.2, -0.15) is 0 Å². The molecule has 1 unspecified atom stereocenters. The molecule has 0 fully saturated rings. The van der Waals surface area contributed by atoms with Crippen LogP contribution in [0.1, 0.15) is 52.2 Å². The summed E-state index contributed by atoms with van der Waals surface area (Å²) in [6, 6.07) is 15.0. The predicted molar refractivity (Wildman–Crippen MR) is 143 cm³/mol. The minimum Gasteiger partial charge on any atom is -0.494 e.